The Bertz CT molecular complexity index is 938. The lowest BCUT2D eigenvalue weighted by Crippen LogP contribution is -2.14. The molecule has 0 spiro atoms. The highest BCUT2D eigenvalue weighted by Crippen LogP contribution is 2.27. The third-order valence-electron chi connectivity index (χ3n) is 3.83. The maximum Gasteiger partial charge on any atom is 0.278 e. The second kappa shape index (κ2) is 7.45. The number of ether oxygens (including phenoxy) is 2. The molecule has 2 aromatic carbocycles. The second-order valence-corrected chi connectivity index (χ2v) is 5.87. The van der Waals surface area contributed by atoms with Crippen molar-refractivity contribution in [2.45, 2.75) is 6.92 Å². The van der Waals surface area contributed by atoms with Crippen LogP contribution in [0.25, 0.3) is 5.69 Å². The predicted molar refractivity (Wildman–Crippen MR) is 98.6 cm³/mol. The Morgan fingerprint density at radius 2 is 1.85 bits per heavy atom. The van der Waals surface area contributed by atoms with E-state index in [1.54, 1.807) is 63.6 Å². The standard InChI is InChI=1S/C18H17ClN4O3/c1-11-17(18(24)20-13-5-7-14(25-2)8-6-13)21-22-23(11)15-10-12(19)4-9-16(15)26-3/h4-10H,1-3H3,(H,20,24). The van der Waals surface area contributed by atoms with Gasteiger partial charge in [-0.2, -0.15) is 0 Å². The van der Waals surface area contributed by atoms with Crippen LogP contribution in [-0.2, 0) is 0 Å². The van der Waals surface area contributed by atoms with Gasteiger partial charge in [-0.1, -0.05) is 16.8 Å². The highest BCUT2D eigenvalue weighted by atomic mass is 35.5. The minimum atomic E-state index is -0.361. The van der Waals surface area contributed by atoms with Crippen LogP contribution in [0.2, 0.25) is 5.02 Å². The molecule has 0 aliphatic rings. The Morgan fingerprint density at radius 1 is 1.12 bits per heavy atom. The summed E-state index contributed by atoms with van der Waals surface area (Å²) in [6, 6.07) is 12.2. The molecule has 1 N–H and O–H groups in total. The van der Waals surface area contributed by atoms with Crippen molar-refractivity contribution in [1.29, 1.82) is 0 Å². The third-order valence-corrected chi connectivity index (χ3v) is 4.06. The van der Waals surface area contributed by atoms with Gasteiger partial charge in [0.05, 0.1) is 19.9 Å². The van der Waals surface area contributed by atoms with Gasteiger partial charge in [-0.05, 0) is 49.4 Å². The first kappa shape index (κ1) is 17.8. The van der Waals surface area contributed by atoms with E-state index < -0.39 is 0 Å². The van der Waals surface area contributed by atoms with Gasteiger partial charge in [0.15, 0.2) is 5.69 Å². The average molecular weight is 373 g/mol. The van der Waals surface area contributed by atoms with Crippen LogP contribution < -0.4 is 14.8 Å². The Morgan fingerprint density at radius 3 is 2.50 bits per heavy atom. The number of carbonyl (C=O) groups is 1. The first-order valence-electron chi connectivity index (χ1n) is 7.75. The molecule has 0 radical (unpaired) electrons. The van der Waals surface area contributed by atoms with E-state index in [1.165, 1.54) is 4.68 Å². The Hall–Kier alpha value is -3.06. The van der Waals surface area contributed by atoms with Crippen molar-refractivity contribution in [3.05, 3.63) is 58.9 Å². The highest BCUT2D eigenvalue weighted by molar-refractivity contribution is 6.30. The van der Waals surface area contributed by atoms with Crippen LogP contribution in [0.15, 0.2) is 42.5 Å². The van der Waals surface area contributed by atoms with Crippen LogP contribution in [0.5, 0.6) is 11.5 Å². The number of benzene rings is 2. The van der Waals surface area contributed by atoms with E-state index in [1.807, 2.05) is 0 Å². The van der Waals surface area contributed by atoms with Gasteiger partial charge in [0.25, 0.3) is 5.91 Å². The molecule has 1 heterocycles. The molecule has 0 unspecified atom stereocenters. The third kappa shape index (κ3) is 3.48. The van der Waals surface area contributed by atoms with Crippen molar-refractivity contribution < 1.29 is 14.3 Å². The predicted octanol–water partition coefficient (Wildman–Crippen LogP) is 3.50. The van der Waals surface area contributed by atoms with Crippen LogP contribution in [0.1, 0.15) is 16.2 Å². The van der Waals surface area contributed by atoms with Gasteiger partial charge in [0, 0.05) is 10.7 Å². The van der Waals surface area contributed by atoms with Crippen LogP contribution in [-0.4, -0.2) is 35.1 Å². The number of amides is 1. The van der Waals surface area contributed by atoms with Gasteiger partial charge >= 0.3 is 0 Å². The molecule has 0 atom stereocenters. The quantitative estimate of drug-likeness (QED) is 0.741. The van der Waals surface area contributed by atoms with Gasteiger partial charge in [0.1, 0.15) is 17.2 Å². The maximum atomic E-state index is 12.5. The molecule has 26 heavy (non-hydrogen) atoms. The molecular weight excluding hydrogens is 356 g/mol. The second-order valence-electron chi connectivity index (χ2n) is 5.43. The molecule has 0 fully saturated rings. The van der Waals surface area contributed by atoms with Gasteiger partial charge in [0.2, 0.25) is 0 Å². The molecule has 8 heteroatoms. The van der Waals surface area contributed by atoms with Crippen molar-refractivity contribution in [2.24, 2.45) is 0 Å². The zero-order valence-electron chi connectivity index (χ0n) is 14.5. The molecule has 0 aliphatic carbocycles. The number of anilines is 1. The Labute approximate surface area is 155 Å². The topological polar surface area (TPSA) is 78.3 Å². The van der Waals surface area contributed by atoms with E-state index in [9.17, 15) is 4.79 Å². The Kier molecular flexibility index (Phi) is 5.09. The van der Waals surface area contributed by atoms with Gasteiger partial charge in [-0.3, -0.25) is 4.79 Å². The monoisotopic (exact) mass is 372 g/mol. The van der Waals surface area contributed by atoms with Crippen molar-refractivity contribution in [1.82, 2.24) is 15.0 Å². The molecule has 0 saturated heterocycles. The fourth-order valence-electron chi connectivity index (χ4n) is 2.46. The van der Waals surface area contributed by atoms with E-state index in [0.717, 1.165) is 0 Å². The summed E-state index contributed by atoms with van der Waals surface area (Å²) in [7, 11) is 3.13. The molecule has 1 aromatic heterocycles. The SMILES string of the molecule is COc1ccc(NC(=O)c2nnn(-c3cc(Cl)ccc3OC)c2C)cc1. The number of hydrogen-bond donors (Lipinski definition) is 1. The normalized spacial score (nSPS) is 10.5. The summed E-state index contributed by atoms with van der Waals surface area (Å²) < 4.78 is 12.0. The summed E-state index contributed by atoms with van der Waals surface area (Å²) in [6.45, 7) is 1.75. The Balaban J connectivity index is 1.88. The smallest absolute Gasteiger partial charge is 0.278 e. The lowest BCUT2D eigenvalue weighted by Gasteiger charge is -2.10. The number of methoxy groups -OCH3 is 2. The van der Waals surface area contributed by atoms with E-state index >= 15 is 0 Å². The van der Waals surface area contributed by atoms with E-state index in [4.69, 9.17) is 21.1 Å². The van der Waals surface area contributed by atoms with Gasteiger partial charge in [-0.15, -0.1) is 5.10 Å². The maximum absolute atomic E-state index is 12.5. The first-order chi connectivity index (χ1) is 12.5. The first-order valence-corrected chi connectivity index (χ1v) is 8.13. The lowest BCUT2D eigenvalue weighted by atomic mass is 10.2. The minimum Gasteiger partial charge on any atom is -0.497 e. The van der Waals surface area contributed by atoms with E-state index in [0.29, 0.717) is 33.6 Å². The van der Waals surface area contributed by atoms with Crippen molar-refractivity contribution in [3.8, 4) is 17.2 Å². The van der Waals surface area contributed by atoms with Crippen molar-refractivity contribution >= 4 is 23.2 Å². The number of aromatic nitrogens is 3. The molecule has 134 valence electrons. The largest absolute Gasteiger partial charge is 0.497 e. The zero-order valence-corrected chi connectivity index (χ0v) is 15.2. The summed E-state index contributed by atoms with van der Waals surface area (Å²) in [5.74, 6) is 0.919. The molecule has 3 rings (SSSR count). The fraction of sp³-hybridized carbons (Fsp3) is 0.167. The van der Waals surface area contributed by atoms with Crippen LogP contribution in [0.4, 0.5) is 5.69 Å². The van der Waals surface area contributed by atoms with Gasteiger partial charge < -0.3 is 14.8 Å². The minimum absolute atomic E-state index is 0.211. The lowest BCUT2D eigenvalue weighted by molar-refractivity contribution is 0.102. The molecule has 0 saturated carbocycles. The molecule has 7 nitrogen and oxygen atoms in total. The number of rotatable bonds is 5. The van der Waals surface area contributed by atoms with Crippen LogP contribution >= 0.6 is 11.6 Å². The molecule has 0 bridgehead atoms. The van der Waals surface area contributed by atoms with E-state index in [2.05, 4.69) is 15.6 Å². The fourth-order valence-corrected chi connectivity index (χ4v) is 2.63. The number of carbonyl (C=O) groups excluding carboxylic acids is 1. The van der Waals surface area contributed by atoms with E-state index in [-0.39, 0.29) is 11.6 Å². The molecule has 3 aromatic rings. The van der Waals surface area contributed by atoms with Crippen molar-refractivity contribution in [3.63, 3.8) is 0 Å². The summed E-state index contributed by atoms with van der Waals surface area (Å²) >= 11 is 6.07. The molecule has 1 amide bonds. The summed E-state index contributed by atoms with van der Waals surface area (Å²) in [5.41, 5.74) is 2.01. The number of nitrogens with one attached hydrogen (secondary N) is 1. The van der Waals surface area contributed by atoms with Crippen molar-refractivity contribution in [2.75, 3.05) is 19.5 Å². The number of hydrogen-bond acceptors (Lipinski definition) is 5. The highest BCUT2D eigenvalue weighted by Gasteiger charge is 2.19. The summed E-state index contributed by atoms with van der Waals surface area (Å²) in [5, 5.41) is 11.4. The number of nitrogens with zero attached hydrogens (tertiary/aromatic N) is 3. The average Bonchev–Trinajstić information content (AvgIpc) is 3.03. The van der Waals surface area contributed by atoms with Crippen LogP contribution in [0, 0.1) is 6.92 Å². The summed E-state index contributed by atoms with van der Waals surface area (Å²) in [6.07, 6.45) is 0. The van der Waals surface area contributed by atoms with Crippen LogP contribution in [0.3, 0.4) is 0 Å². The zero-order chi connectivity index (χ0) is 18.7. The number of halogens is 1. The molecular formula is C18H17ClN4O3. The molecule has 0 aliphatic heterocycles. The summed E-state index contributed by atoms with van der Waals surface area (Å²) in [4.78, 5) is 12.5. The van der Waals surface area contributed by atoms with Gasteiger partial charge in [-0.25, -0.2) is 4.68 Å².